The van der Waals surface area contributed by atoms with Crippen molar-refractivity contribution in [3.05, 3.63) is 30.6 Å². The van der Waals surface area contributed by atoms with E-state index in [9.17, 15) is 18.3 Å². The molecule has 1 atom stereocenters. The Kier molecular flexibility index (Phi) is 5.49. The van der Waals surface area contributed by atoms with E-state index in [0.717, 1.165) is 4.31 Å². The van der Waals surface area contributed by atoms with Gasteiger partial charge in [0.25, 0.3) is 0 Å². The zero-order chi connectivity index (χ0) is 19.6. The molecular weight excluding hydrogens is 394 g/mol. The van der Waals surface area contributed by atoms with E-state index in [-0.39, 0.29) is 17.4 Å². The Hall–Kier alpha value is -2.43. The van der Waals surface area contributed by atoms with E-state index in [1.54, 1.807) is 6.07 Å². The molecule has 1 unspecified atom stereocenters. The van der Waals surface area contributed by atoms with Gasteiger partial charge in [0.15, 0.2) is 0 Å². The van der Waals surface area contributed by atoms with Crippen molar-refractivity contribution >= 4 is 50.2 Å². The number of aromatic nitrogens is 1. The van der Waals surface area contributed by atoms with Crippen molar-refractivity contribution < 1.29 is 18.3 Å². The number of hydrogen-bond donors (Lipinski definition) is 3. The fourth-order valence-corrected chi connectivity index (χ4v) is 4.88. The molecule has 11 heteroatoms. The van der Waals surface area contributed by atoms with Gasteiger partial charge < -0.3 is 16.2 Å². The first-order valence-electron chi connectivity index (χ1n) is 8.18. The molecule has 1 aromatic carbocycles. The van der Waals surface area contributed by atoms with Crippen molar-refractivity contribution in [3.63, 3.8) is 0 Å². The molecule has 0 amide bonds. The Labute approximate surface area is 161 Å². The first-order chi connectivity index (χ1) is 12.8. The van der Waals surface area contributed by atoms with Crippen LogP contribution >= 0.6 is 11.8 Å². The molecule has 2 aromatic rings. The van der Waals surface area contributed by atoms with Crippen LogP contribution in [0.1, 0.15) is 19.3 Å². The van der Waals surface area contributed by atoms with Crippen LogP contribution in [0.4, 0.5) is 5.69 Å². The number of hydrogen-bond acceptors (Lipinski definition) is 5. The number of piperidine rings is 1. The fraction of sp³-hybridized carbons (Fsp3) is 0.312. The molecule has 0 radical (unpaired) electrons. The molecule has 4 N–H and O–H groups in total. The molecule has 2 heterocycles. The summed E-state index contributed by atoms with van der Waals surface area (Å²) < 4.78 is 30.4. The minimum absolute atomic E-state index is 0.0149. The molecule has 0 saturated carbocycles. The number of benzene rings is 1. The summed E-state index contributed by atoms with van der Waals surface area (Å²) in [7, 11) is -3.95. The first-order valence-corrected chi connectivity index (χ1v) is 9.96. The standard InChI is InChI=1S/C16H18ClN5O4S/c17-21-16(18)20-13-9-19-8-10-7-11(4-5-12(10)13)27(25,26)22-6-2-1-3-14(22)15(23)24/h4-5,7-9,14H,1-3,6H2,(H,23,24)(H3,18,20,21). The average molecular weight is 412 g/mol. The Balaban J connectivity index is 2.02. The highest BCUT2D eigenvalue weighted by Crippen LogP contribution is 2.29. The maximum absolute atomic E-state index is 13.0. The highest BCUT2D eigenvalue weighted by molar-refractivity contribution is 7.89. The lowest BCUT2D eigenvalue weighted by molar-refractivity contribution is -0.142. The molecule has 27 heavy (non-hydrogen) atoms. The number of nitrogens with zero attached hydrogens (tertiary/aromatic N) is 3. The molecule has 1 aromatic heterocycles. The van der Waals surface area contributed by atoms with Gasteiger partial charge in [-0.25, -0.2) is 8.42 Å². The Bertz CT molecular complexity index is 1010. The van der Waals surface area contributed by atoms with Gasteiger partial charge in [0.2, 0.25) is 16.0 Å². The topological polar surface area (TPSA) is 138 Å². The predicted molar refractivity (Wildman–Crippen MR) is 102 cm³/mol. The Morgan fingerprint density at radius 3 is 2.85 bits per heavy atom. The highest BCUT2D eigenvalue weighted by Gasteiger charge is 2.37. The summed E-state index contributed by atoms with van der Waals surface area (Å²) in [6.45, 7) is 0.180. The molecule has 1 saturated heterocycles. The van der Waals surface area contributed by atoms with Crippen LogP contribution in [0, 0.1) is 0 Å². The van der Waals surface area contributed by atoms with Crippen LogP contribution in [0.15, 0.2) is 40.0 Å². The van der Waals surface area contributed by atoms with E-state index in [0.29, 0.717) is 35.7 Å². The number of guanidine groups is 1. The molecule has 0 spiro atoms. The van der Waals surface area contributed by atoms with E-state index < -0.39 is 22.0 Å². The van der Waals surface area contributed by atoms with Gasteiger partial charge in [-0.15, -0.1) is 4.51 Å². The Morgan fingerprint density at radius 1 is 1.37 bits per heavy atom. The molecule has 1 fully saturated rings. The third kappa shape index (κ3) is 3.82. The first kappa shape index (κ1) is 19.3. The number of nitrogens with one attached hydrogen (secondary N) is 1. The molecule has 3 rings (SSSR count). The van der Waals surface area contributed by atoms with E-state index in [4.69, 9.17) is 17.5 Å². The SMILES string of the molecule is NC(=NCl)Nc1cncc2cc(S(=O)(=O)N3CCCCC3C(=O)O)ccc12. The number of carboxylic acids is 1. The van der Waals surface area contributed by atoms with Gasteiger partial charge in [0.1, 0.15) is 6.04 Å². The molecule has 0 bridgehead atoms. The van der Waals surface area contributed by atoms with E-state index in [1.807, 2.05) is 0 Å². The number of sulfonamides is 1. The van der Waals surface area contributed by atoms with Gasteiger partial charge in [-0.05, 0) is 31.4 Å². The molecule has 144 valence electrons. The third-order valence-corrected chi connectivity index (χ3v) is 6.52. The number of rotatable bonds is 4. The number of fused-ring (bicyclic) bond motifs is 1. The molecular formula is C16H18ClN5O4S. The summed E-state index contributed by atoms with van der Waals surface area (Å²) in [5, 5.41) is 13.4. The summed E-state index contributed by atoms with van der Waals surface area (Å²) in [5.41, 5.74) is 6.07. The molecule has 1 aliphatic rings. The lowest BCUT2D eigenvalue weighted by atomic mass is 10.1. The zero-order valence-electron chi connectivity index (χ0n) is 14.2. The van der Waals surface area contributed by atoms with E-state index in [1.165, 1.54) is 24.5 Å². The van der Waals surface area contributed by atoms with Crippen molar-refractivity contribution in [3.8, 4) is 0 Å². The molecule has 9 nitrogen and oxygen atoms in total. The van der Waals surface area contributed by atoms with Crippen LogP contribution in [0.2, 0.25) is 0 Å². The van der Waals surface area contributed by atoms with Crippen LogP contribution < -0.4 is 11.1 Å². The van der Waals surface area contributed by atoms with E-state index in [2.05, 4.69) is 14.8 Å². The van der Waals surface area contributed by atoms with Crippen LogP contribution in [0.25, 0.3) is 10.8 Å². The number of anilines is 1. The van der Waals surface area contributed by atoms with Gasteiger partial charge in [0.05, 0.1) is 16.8 Å². The summed E-state index contributed by atoms with van der Waals surface area (Å²) in [6, 6.07) is 3.45. The van der Waals surface area contributed by atoms with Crippen molar-refractivity contribution in [1.82, 2.24) is 9.29 Å². The van der Waals surface area contributed by atoms with Gasteiger partial charge >= 0.3 is 5.97 Å². The van der Waals surface area contributed by atoms with E-state index >= 15 is 0 Å². The number of carbonyl (C=O) groups is 1. The Morgan fingerprint density at radius 2 is 2.15 bits per heavy atom. The minimum Gasteiger partial charge on any atom is -0.480 e. The summed E-state index contributed by atoms with van der Waals surface area (Å²) in [5.74, 6) is -1.16. The molecule has 0 aliphatic carbocycles. The second kappa shape index (κ2) is 7.67. The average Bonchev–Trinajstić information content (AvgIpc) is 2.67. The number of pyridine rings is 1. The monoisotopic (exact) mass is 411 g/mol. The lowest BCUT2D eigenvalue weighted by Gasteiger charge is -2.31. The van der Waals surface area contributed by atoms with Gasteiger partial charge in [-0.2, -0.15) is 4.31 Å². The number of carboxylic acid groups (broad SMARTS) is 1. The number of nitrogens with two attached hydrogens (primary N) is 1. The van der Waals surface area contributed by atoms with Gasteiger partial charge in [-0.1, -0.05) is 6.07 Å². The van der Waals surface area contributed by atoms with Crippen molar-refractivity contribution in [1.29, 1.82) is 0 Å². The second-order valence-electron chi connectivity index (χ2n) is 6.13. The van der Waals surface area contributed by atoms with Crippen LogP contribution in [0.3, 0.4) is 0 Å². The summed E-state index contributed by atoms with van der Waals surface area (Å²) in [6.07, 6.45) is 4.64. The minimum atomic E-state index is -3.95. The largest absolute Gasteiger partial charge is 0.480 e. The van der Waals surface area contributed by atoms with Crippen molar-refractivity contribution in [2.24, 2.45) is 10.2 Å². The maximum Gasteiger partial charge on any atom is 0.322 e. The zero-order valence-corrected chi connectivity index (χ0v) is 15.7. The number of halogens is 1. The maximum atomic E-state index is 13.0. The predicted octanol–water partition coefficient (Wildman–Crippen LogP) is 1.74. The van der Waals surface area contributed by atoms with Crippen LogP contribution in [-0.4, -0.2) is 47.3 Å². The van der Waals surface area contributed by atoms with Crippen LogP contribution in [0.5, 0.6) is 0 Å². The molecule has 1 aliphatic heterocycles. The quantitative estimate of drug-likeness (QED) is 0.514. The second-order valence-corrected chi connectivity index (χ2v) is 8.19. The normalized spacial score (nSPS) is 19.1. The van der Waals surface area contributed by atoms with Gasteiger partial charge in [0, 0.05) is 35.3 Å². The number of aliphatic carboxylic acids is 1. The van der Waals surface area contributed by atoms with Gasteiger partial charge in [-0.3, -0.25) is 9.78 Å². The summed E-state index contributed by atoms with van der Waals surface area (Å²) >= 11 is 5.31. The fourth-order valence-electron chi connectivity index (χ4n) is 3.15. The van der Waals surface area contributed by atoms with Crippen LogP contribution in [-0.2, 0) is 14.8 Å². The lowest BCUT2D eigenvalue weighted by Crippen LogP contribution is -2.47. The third-order valence-electron chi connectivity index (χ3n) is 4.43. The van der Waals surface area contributed by atoms with Crippen molar-refractivity contribution in [2.75, 3.05) is 11.9 Å². The summed E-state index contributed by atoms with van der Waals surface area (Å²) in [4.78, 5) is 15.5. The highest BCUT2D eigenvalue weighted by atomic mass is 35.5. The smallest absolute Gasteiger partial charge is 0.322 e. The van der Waals surface area contributed by atoms with Crippen molar-refractivity contribution in [2.45, 2.75) is 30.2 Å².